The molecule has 0 spiro atoms. The number of hydrogen-bond acceptors (Lipinski definition) is 4. The van der Waals surface area contributed by atoms with Gasteiger partial charge in [-0.2, -0.15) is 10.4 Å². The van der Waals surface area contributed by atoms with Crippen molar-refractivity contribution in [2.45, 2.75) is 13.8 Å². The molecule has 1 aromatic heterocycles. The molecule has 7 heteroatoms. The summed E-state index contributed by atoms with van der Waals surface area (Å²) in [6.07, 6.45) is 0. The molecule has 0 atom stereocenters. The van der Waals surface area contributed by atoms with Crippen LogP contribution in [-0.4, -0.2) is 10.7 Å². The van der Waals surface area contributed by atoms with E-state index in [-0.39, 0.29) is 26.6 Å². The quantitative estimate of drug-likeness (QED) is 0.509. The van der Waals surface area contributed by atoms with Gasteiger partial charge in [-0.3, -0.25) is 5.43 Å². The lowest BCUT2D eigenvalue weighted by Crippen LogP contribution is -1.99. The Kier molecular flexibility index (Phi) is 4.36. The minimum atomic E-state index is -0.0108. The predicted octanol–water partition coefficient (Wildman–Crippen LogP) is 3.72. The number of anilines is 1. The van der Waals surface area contributed by atoms with Gasteiger partial charge in [-0.05, 0) is 13.8 Å². The summed E-state index contributed by atoms with van der Waals surface area (Å²) in [5.41, 5.74) is 3.45. The lowest BCUT2D eigenvalue weighted by atomic mass is 10.3. The van der Waals surface area contributed by atoms with Gasteiger partial charge in [-0.15, -0.1) is 0 Å². The van der Waals surface area contributed by atoms with Crippen molar-refractivity contribution in [1.29, 1.82) is 5.26 Å². The highest BCUT2D eigenvalue weighted by Gasteiger charge is 2.15. The van der Waals surface area contributed by atoms with E-state index in [0.717, 1.165) is 5.71 Å². The Morgan fingerprint density at radius 2 is 1.94 bits per heavy atom. The van der Waals surface area contributed by atoms with Crippen LogP contribution in [0.3, 0.4) is 0 Å². The van der Waals surface area contributed by atoms with E-state index in [4.69, 9.17) is 40.1 Å². The first-order chi connectivity index (χ1) is 7.47. The van der Waals surface area contributed by atoms with E-state index < -0.39 is 0 Å². The number of nitriles is 1. The number of rotatable bonds is 2. The summed E-state index contributed by atoms with van der Waals surface area (Å²) < 4.78 is 0. The lowest BCUT2D eigenvalue weighted by molar-refractivity contribution is 1.21. The van der Waals surface area contributed by atoms with Gasteiger partial charge in [-0.1, -0.05) is 34.8 Å². The molecule has 0 aliphatic rings. The van der Waals surface area contributed by atoms with Gasteiger partial charge in [0, 0.05) is 5.71 Å². The van der Waals surface area contributed by atoms with Crippen LogP contribution in [0.4, 0.5) is 5.82 Å². The fourth-order valence-corrected chi connectivity index (χ4v) is 1.51. The van der Waals surface area contributed by atoms with E-state index in [1.165, 1.54) is 0 Å². The van der Waals surface area contributed by atoms with Crippen molar-refractivity contribution in [3.8, 4) is 6.07 Å². The van der Waals surface area contributed by atoms with E-state index >= 15 is 0 Å². The number of halogens is 3. The smallest absolute Gasteiger partial charge is 0.168 e. The number of pyridine rings is 1. The molecule has 0 radical (unpaired) electrons. The van der Waals surface area contributed by atoms with Crippen molar-refractivity contribution in [2.24, 2.45) is 5.10 Å². The van der Waals surface area contributed by atoms with Crippen molar-refractivity contribution < 1.29 is 0 Å². The van der Waals surface area contributed by atoms with Crippen LogP contribution in [0, 0.1) is 11.3 Å². The van der Waals surface area contributed by atoms with Gasteiger partial charge in [0.25, 0.3) is 0 Å². The van der Waals surface area contributed by atoms with Crippen LogP contribution in [0.15, 0.2) is 5.10 Å². The zero-order chi connectivity index (χ0) is 12.3. The summed E-state index contributed by atoms with van der Waals surface area (Å²) in [6, 6.07) is 1.82. The Hall–Kier alpha value is -1.02. The first kappa shape index (κ1) is 13.0. The largest absolute Gasteiger partial charge is 0.260 e. The minimum Gasteiger partial charge on any atom is -0.260 e. The topological polar surface area (TPSA) is 61.1 Å². The van der Waals surface area contributed by atoms with Crippen molar-refractivity contribution in [3.05, 3.63) is 20.8 Å². The van der Waals surface area contributed by atoms with E-state index in [1.807, 2.05) is 6.07 Å². The molecule has 0 saturated heterocycles. The van der Waals surface area contributed by atoms with Gasteiger partial charge in [-0.25, -0.2) is 4.98 Å². The molecule has 0 aromatic carbocycles. The summed E-state index contributed by atoms with van der Waals surface area (Å²) >= 11 is 17.5. The molecule has 0 aliphatic carbocycles. The van der Waals surface area contributed by atoms with Crippen molar-refractivity contribution in [3.63, 3.8) is 0 Å². The average molecular weight is 278 g/mol. The summed E-state index contributed by atoms with van der Waals surface area (Å²) in [4.78, 5) is 3.88. The minimum absolute atomic E-state index is 0.0108. The highest BCUT2D eigenvalue weighted by atomic mass is 35.5. The number of nitrogens with one attached hydrogen (secondary N) is 1. The third-order valence-corrected chi connectivity index (χ3v) is 2.65. The number of hydrogen-bond donors (Lipinski definition) is 1. The predicted molar refractivity (Wildman–Crippen MR) is 66.4 cm³/mol. The van der Waals surface area contributed by atoms with Gasteiger partial charge in [0.05, 0.1) is 5.02 Å². The van der Waals surface area contributed by atoms with Crippen molar-refractivity contribution >= 4 is 46.3 Å². The first-order valence-corrected chi connectivity index (χ1v) is 5.32. The summed E-state index contributed by atoms with van der Waals surface area (Å²) in [6.45, 7) is 3.60. The molecule has 4 nitrogen and oxygen atoms in total. The second kappa shape index (κ2) is 5.35. The number of aromatic nitrogens is 1. The van der Waals surface area contributed by atoms with Crippen LogP contribution in [0.2, 0.25) is 15.2 Å². The third kappa shape index (κ3) is 2.76. The standard InChI is InChI=1S/C9H7Cl3N4/c1-4(2)15-16-9-7(11)6(10)5(3-13)8(12)14-9/h1-2H3,(H,14,16). The van der Waals surface area contributed by atoms with E-state index in [0.29, 0.717) is 0 Å². The van der Waals surface area contributed by atoms with E-state index in [9.17, 15) is 0 Å². The second-order valence-corrected chi connectivity index (χ2v) is 4.15. The fourth-order valence-electron chi connectivity index (χ4n) is 0.841. The maximum atomic E-state index is 8.77. The van der Waals surface area contributed by atoms with E-state index in [1.54, 1.807) is 13.8 Å². The van der Waals surface area contributed by atoms with Gasteiger partial charge >= 0.3 is 0 Å². The normalized spacial score (nSPS) is 9.50. The summed E-state index contributed by atoms with van der Waals surface area (Å²) in [5.74, 6) is 0.219. The third-order valence-electron chi connectivity index (χ3n) is 1.53. The first-order valence-electron chi connectivity index (χ1n) is 4.18. The maximum Gasteiger partial charge on any atom is 0.168 e. The highest BCUT2D eigenvalue weighted by Crippen LogP contribution is 2.34. The van der Waals surface area contributed by atoms with Gasteiger partial charge < -0.3 is 0 Å². The molecule has 0 saturated carbocycles. The molecule has 16 heavy (non-hydrogen) atoms. The number of nitrogens with zero attached hydrogens (tertiary/aromatic N) is 3. The van der Waals surface area contributed by atoms with Crippen molar-refractivity contribution in [1.82, 2.24) is 4.98 Å². The van der Waals surface area contributed by atoms with Gasteiger partial charge in [0.2, 0.25) is 0 Å². The SMILES string of the molecule is CC(C)=NNc1nc(Cl)c(C#N)c(Cl)c1Cl. The lowest BCUT2D eigenvalue weighted by Gasteiger charge is -2.07. The zero-order valence-corrected chi connectivity index (χ0v) is 10.7. The molecule has 1 heterocycles. The fraction of sp³-hybridized carbons (Fsp3) is 0.222. The molecular weight excluding hydrogens is 270 g/mol. The average Bonchev–Trinajstić information content (AvgIpc) is 2.22. The van der Waals surface area contributed by atoms with Crippen LogP contribution in [0.5, 0.6) is 0 Å². The van der Waals surface area contributed by atoms with Gasteiger partial charge in [0.1, 0.15) is 16.7 Å². The molecule has 0 aliphatic heterocycles. The Morgan fingerprint density at radius 3 is 2.44 bits per heavy atom. The van der Waals surface area contributed by atoms with Crippen LogP contribution >= 0.6 is 34.8 Å². The van der Waals surface area contributed by atoms with Gasteiger partial charge in [0.15, 0.2) is 11.0 Å². The Balaban J connectivity index is 3.25. The molecule has 1 aromatic rings. The van der Waals surface area contributed by atoms with E-state index in [2.05, 4.69) is 15.5 Å². The summed E-state index contributed by atoms with van der Waals surface area (Å²) in [5, 5.41) is 12.9. The molecule has 0 bridgehead atoms. The maximum absolute atomic E-state index is 8.77. The Bertz CT molecular complexity index is 487. The molecule has 0 fully saturated rings. The number of hydrazone groups is 1. The molecule has 0 unspecified atom stereocenters. The van der Waals surface area contributed by atoms with Crippen molar-refractivity contribution in [2.75, 3.05) is 5.43 Å². The zero-order valence-electron chi connectivity index (χ0n) is 8.48. The van der Waals surface area contributed by atoms with Crippen LogP contribution in [0.1, 0.15) is 19.4 Å². The summed E-state index contributed by atoms with van der Waals surface area (Å²) in [7, 11) is 0. The molecular formula is C9H7Cl3N4. The van der Waals surface area contributed by atoms with Crippen LogP contribution < -0.4 is 5.43 Å². The molecule has 1 N–H and O–H groups in total. The Morgan fingerprint density at radius 1 is 1.31 bits per heavy atom. The monoisotopic (exact) mass is 276 g/mol. The van der Waals surface area contributed by atoms with Crippen LogP contribution in [-0.2, 0) is 0 Å². The Labute approximate surface area is 108 Å². The second-order valence-electron chi connectivity index (χ2n) is 3.04. The molecule has 0 amide bonds. The highest BCUT2D eigenvalue weighted by molar-refractivity contribution is 6.45. The van der Waals surface area contributed by atoms with Crippen LogP contribution in [0.25, 0.3) is 0 Å². The molecule has 1 rings (SSSR count). The molecule has 84 valence electrons.